The van der Waals surface area contributed by atoms with Crippen molar-refractivity contribution in [2.24, 2.45) is 0 Å². The summed E-state index contributed by atoms with van der Waals surface area (Å²) >= 11 is 0.100. The van der Waals surface area contributed by atoms with Crippen molar-refractivity contribution in [3.05, 3.63) is 0 Å². The second-order valence-electron chi connectivity index (χ2n) is 0. The molecule has 0 spiro atoms. The first-order valence-electron chi connectivity index (χ1n) is 0.236. The number of hydrogen-bond donors (Lipinski definition) is 0. The van der Waals surface area contributed by atoms with Crippen molar-refractivity contribution in [2.75, 3.05) is 0 Å². The van der Waals surface area contributed by atoms with Crippen LogP contribution in [0.15, 0.2) is 0 Å². The van der Waals surface area contributed by atoms with E-state index in [0.717, 1.165) is 0 Å². The summed E-state index contributed by atoms with van der Waals surface area (Å²) in [5.41, 5.74) is 0. The molecule has 1 nitrogen and oxygen atoms in total. The minimum absolute atomic E-state index is 0. The molecule has 0 amide bonds. The van der Waals surface area contributed by atoms with E-state index in [1.165, 1.54) is 0 Å². The van der Waals surface area contributed by atoms with E-state index in [-0.39, 0.29) is 51.1 Å². The molecule has 0 aliphatic rings. The molecule has 26 valence electrons. The van der Waals surface area contributed by atoms with Crippen LogP contribution in [0, 0.1) is 0 Å². The Hall–Kier alpha value is 1.36. The van der Waals surface area contributed by atoms with Crippen molar-refractivity contribution < 1.29 is 3.08 Å². The van der Waals surface area contributed by atoms with E-state index in [9.17, 15) is 0 Å². The zero-order chi connectivity index (χ0) is 2.00. The molecule has 0 saturated carbocycles. The molecule has 0 aromatic heterocycles. The molecule has 0 saturated heterocycles. The predicted molar refractivity (Wildman–Crippen MR) is 29.1 cm³/mol. The average molecular weight is 243 g/mol. The van der Waals surface area contributed by atoms with Gasteiger partial charge >= 0.3 is 43.2 Å². The van der Waals surface area contributed by atoms with E-state index in [1.807, 2.05) is 0 Å². The molecular weight excluding hydrogens is 235 g/mol. The molecule has 0 bridgehead atoms. The van der Waals surface area contributed by atoms with E-state index in [0.29, 0.717) is 0 Å². The maximum atomic E-state index is 8.38. The predicted octanol–water partition coefficient (Wildman–Crippen LogP) is -3.40. The van der Waals surface area contributed by atoms with Crippen molar-refractivity contribution in [1.82, 2.24) is 0 Å². The quantitative estimate of drug-likeness (QED) is 0.405. The van der Waals surface area contributed by atoms with Gasteiger partial charge in [-0.15, -0.1) is 0 Å². The van der Waals surface area contributed by atoms with Gasteiger partial charge in [-0.2, -0.15) is 0 Å². The largest absolute Gasteiger partial charge is 0.0125 e. The van der Waals surface area contributed by atoms with Crippen LogP contribution < -0.4 is 0 Å². The van der Waals surface area contributed by atoms with Gasteiger partial charge in [-0.25, -0.2) is 0 Å². The van der Waals surface area contributed by atoms with Crippen LogP contribution in [0.3, 0.4) is 0 Å². The molecule has 0 aliphatic heterocycles. The minimum Gasteiger partial charge on any atom is -0.0125 e. The molecule has 0 rings (SSSR count). The number of rotatable bonds is 0. The molecule has 0 aromatic carbocycles. The Balaban J connectivity index is -0.00000000500. The Bertz CT molecular complexity index is 8.00. The standard InChI is InChI=1S/GeH4.O.H3Si.Sn.H/h1H4;;1H3;;. The molecule has 0 aliphatic carbocycles. The monoisotopic (exact) mass is 246 g/mol. The van der Waals surface area contributed by atoms with Crippen LogP contribution in [0.4, 0.5) is 0 Å². The van der Waals surface area contributed by atoms with Gasteiger partial charge in [0.25, 0.3) is 0 Å². The van der Waals surface area contributed by atoms with Crippen molar-refractivity contribution >= 4 is 51.1 Å². The first kappa shape index (κ1) is 18.3. The summed E-state index contributed by atoms with van der Waals surface area (Å²) in [5.74, 6) is 0. The Morgan fingerprint density at radius 2 is 1.25 bits per heavy atom. The van der Waals surface area contributed by atoms with Gasteiger partial charge in [-0.05, 0) is 11.0 Å². The van der Waals surface area contributed by atoms with Gasteiger partial charge in [0.05, 0.1) is 0 Å². The summed E-state index contributed by atoms with van der Waals surface area (Å²) in [6.45, 7) is 0. The van der Waals surface area contributed by atoms with E-state index < -0.39 is 0 Å². The maximum absolute atomic E-state index is 8.38. The third-order valence-electron chi connectivity index (χ3n) is 0. The molecule has 0 heterocycles. The molecule has 4 heavy (non-hydrogen) atoms. The van der Waals surface area contributed by atoms with Crippen molar-refractivity contribution in [1.29, 1.82) is 0 Å². The zero-order valence-electron chi connectivity index (χ0n) is 1.99. The molecule has 0 atom stereocenters. The summed E-state index contributed by atoms with van der Waals surface area (Å²) in [7, 11) is 0. The SMILES string of the molecule is [GeH4].[O]=[SnH].[SiH3]. The van der Waals surface area contributed by atoms with Gasteiger partial charge in [-0.1, -0.05) is 0 Å². The van der Waals surface area contributed by atoms with E-state index in [2.05, 4.69) is 0 Å². The summed E-state index contributed by atoms with van der Waals surface area (Å²) in [5, 5.41) is 0. The Kier molecular flexibility index (Phi) is 122. The fraction of sp³-hybridized carbons (Fsp3) is 0. The zero-order valence-corrected chi connectivity index (χ0v) is 7.28. The summed E-state index contributed by atoms with van der Waals surface area (Å²) in [6.07, 6.45) is 0. The fourth-order valence-corrected chi connectivity index (χ4v) is 0. The van der Waals surface area contributed by atoms with Crippen molar-refractivity contribution in [3.8, 4) is 0 Å². The normalized spacial score (nSPS) is 1.00. The van der Waals surface area contributed by atoms with Gasteiger partial charge < -0.3 is 0 Å². The summed E-state index contributed by atoms with van der Waals surface area (Å²) in [6, 6.07) is 0. The smallest absolute Gasteiger partial charge is 0.0125 e. The van der Waals surface area contributed by atoms with Crippen molar-refractivity contribution in [2.45, 2.75) is 0 Å². The second kappa shape index (κ2) is 26.6. The van der Waals surface area contributed by atoms with Gasteiger partial charge in [0.15, 0.2) is 0 Å². The van der Waals surface area contributed by atoms with Gasteiger partial charge in [0, 0.05) is 0 Å². The second-order valence-corrected chi connectivity index (χ2v) is 0. The average Bonchev–Trinajstić information content (AvgIpc) is 1.00. The Labute approximate surface area is 54.0 Å². The molecule has 0 aromatic rings. The molecular formula is H8GeOSiSn. The van der Waals surface area contributed by atoms with Crippen LogP contribution in [-0.4, -0.2) is 51.1 Å². The third kappa shape index (κ3) is 10.1. The maximum Gasteiger partial charge on any atom is -0.0125 e. The van der Waals surface area contributed by atoms with E-state index in [1.54, 1.807) is 0 Å². The molecule has 0 N–H and O–H groups in total. The van der Waals surface area contributed by atoms with Gasteiger partial charge in [0.2, 0.25) is 0 Å². The fourth-order valence-electron chi connectivity index (χ4n) is 0. The van der Waals surface area contributed by atoms with Crippen molar-refractivity contribution in [3.63, 3.8) is 0 Å². The Morgan fingerprint density at radius 1 is 1.25 bits per heavy atom. The van der Waals surface area contributed by atoms with Crippen LogP contribution in [0.5, 0.6) is 0 Å². The van der Waals surface area contributed by atoms with Gasteiger partial charge in [0.1, 0.15) is 0 Å². The van der Waals surface area contributed by atoms with Crippen LogP contribution in [0.2, 0.25) is 0 Å². The molecule has 0 unspecified atom stereocenters. The van der Waals surface area contributed by atoms with E-state index in [4.69, 9.17) is 3.08 Å². The van der Waals surface area contributed by atoms with Crippen LogP contribution >= 0.6 is 0 Å². The van der Waals surface area contributed by atoms with Gasteiger partial charge in [-0.3, -0.25) is 0 Å². The molecule has 0 fully saturated rings. The minimum atomic E-state index is 0. The first-order chi connectivity index (χ1) is 1.00. The third-order valence-corrected chi connectivity index (χ3v) is 0. The van der Waals surface area contributed by atoms with Crippen LogP contribution in [0.25, 0.3) is 0 Å². The number of hydrogen-bond acceptors (Lipinski definition) is 1. The summed E-state index contributed by atoms with van der Waals surface area (Å²) in [4.78, 5) is 0. The molecule has 2 radical (unpaired) electrons. The Morgan fingerprint density at radius 3 is 1.25 bits per heavy atom. The van der Waals surface area contributed by atoms with Crippen LogP contribution in [-0.2, 0) is 3.08 Å². The molecule has 4 heteroatoms. The van der Waals surface area contributed by atoms with E-state index >= 15 is 0 Å². The summed E-state index contributed by atoms with van der Waals surface area (Å²) < 4.78 is 8.38. The topological polar surface area (TPSA) is 17.1 Å². The van der Waals surface area contributed by atoms with Crippen LogP contribution in [0.1, 0.15) is 0 Å². The first-order valence-corrected chi connectivity index (χ1v) is 1.58.